The van der Waals surface area contributed by atoms with Crippen LogP contribution < -0.4 is 5.32 Å². The number of likely N-dealkylation sites (N-methyl/N-ethyl adjacent to an activating group) is 1. The van der Waals surface area contributed by atoms with Crippen molar-refractivity contribution < 1.29 is 14.1 Å². The molecule has 116 valence electrons. The van der Waals surface area contributed by atoms with E-state index < -0.39 is 0 Å². The van der Waals surface area contributed by atoms with Crippen LogP contribution in [0.15, 0.2) is 10.6 Å². The van der Waals surface area contributed by atoms with Gasteiger partial charge in [-0.25, -0.2) is 0 Å². The van der Waals surface area contributed by atoms with Crippen LogP contribution >= 0.6 is 0 Å². The lowest BCUT2D eigenvalue weighted by Gasteiger charge is -2.27. The second kappa shape index (κ2) is 7.24. The zero-order valence-corrected chi connectivity index (χ0v) is 12.7. The van der Waals surface area contributed by atoms with E-state index in [9.17, 15) is 9.59 Å². The molecule has 1 saturated carbocycles. The summed E-state index contributed by atoms with van der Waals surface area (Å²) in [6.45, 7) is 4.26. The second-order valence-electron chi connectivity index (χ2n) is 5.56. The van der Waals surface area contributed by atoms with E-state index in [4.69, 9.17) is 4.52 Å². The normalized spacial score (nSPS) is 15.7. The van der Waals surface area contributed by atoms with Crippen molar-refractivity contribution in [2.75, 3.05) is 18.4 Å². The summed E-state index contributed by atoms with van der Waals surface area (Å²) in [5.74, 6) is 0.966. The van der Waals surface area contributed by atoms with Crippen LogP contribution in [0.3, 0.4) is 0 Å². The van der Waals surface area contributed by atoms with E-state index in [1.165, 1.54) is 6.42 Å². The molecule has 0 spiro atoms. The molecule has 0 atom stereocenters. The van der Waals surface area contributed by atoms with Gasteiger partial charge in [0.05, 0.1) is 6.54 Å². The number of carbonyl (C=O) groups is 2. The van der Waals surface area contributed by atoms with Crippen molar-refractivity contribution in [1.29, 1.82) is 0 Å². The van der Waals surface area contributed by atoms with Crippen LogP contribution in [0.5, 0.6) is 0 Å². The highest BCUT2D eigenvalue weighted by atomic mass is 16.5. The molecule has 1 aromatic rings. The Morgan fingerprint density at radius 2 is 2.10 bits per heavy atom. The zero-order chi connectivity index (χ0) is 15.2. The number of hydrogen-bond acceptors (Lipinski definition) is 4. The SMILES string of the molecule is CCN(CC(=O)Nc1cc(C)on1)C(=O)C1CCCCC1. The number of aromatic nitrogens is 1. The number of rotatable bonds is 5. The average molecular weight is 293 g/mol. The van der Waals surface area contributed by atoms with Gasteiger partial charge in [0.1, 0.15) is 5.76 Å². The summed E-state index contributed by atoms with van der Waals surface area (Å²) in [4.78, 5) is 26.0. The van der Waals surface area contributed by atoms with E-state index >= 15 is 0 Å². The predicted molar refractivity (Wildman–Crippen MR) is 78.7 cm³/mol. The van der Waals surface area contributed by atoms with Crippen LogP contribution in [0.4, 0.5) is 5.82 Å². The molecule has 21 heavy (non-hydrogen) atoms. The van der Waals surface area contributed by atoms with Gasteiger partial charge in [-0.3, -0.25) is 9.59 Å². The molecule has 2 rings (SSSR count). The maximum atomic E-state index is 12.4. The molecule has 1 N–H and O–H groups in total. The molecule has 0 aromatic carbocycles. The topological polar surface area (TPSA) is 75.4 Å². The predicted octanol–water partition coefficient (Wildman–Crippen LogP) is 2.35. The fourth-order valence-corrected chi connectivity index (χ4v) is 2.73. The second-order valence-corrected chi connectivity index (χ2v) is 5.56. The van der Waals surface area contributed by atoms with Gasteiger partial charge < -0.3 is 14.7 Å². The Bertz CT molecular complexity index is 492. The molecular formula is C15H23N3O3. The summed E-state index contributed by atoms with van der Waals surface area (Å²) < 4.78 is 4.89. The Hall–Kier alpha value is -1.85. The first-order chi connectivity index (χ1) is 10.1. The van der Waals surface area contributed by atoms with Gasteiger partial charge in [-0.05, 0) is 26.7 Å². The maximum Gasteiger partial charge on any atom is 0.245 e. The molecule has 0 unspecified atom stereocenters. The molecule has 6 heteroatoms. The van der Waals surface area contributed by atoms with Crippen molar-refractivity contribution in [3.05, 3.63) is 11.8 Å². The molecule has 1 fully saturated rings. The van der Waals surface area contributed by atoms with Crippen molar-refractivity contribution in [1.82, 2.24) is 10.1 Å². The molecular weight excluding hydrogens is 270 g/mol. The molecule has 0 bridgehead atoms. The minimum Gasteiger partial charge on any atom is -0.360 e. The van der Waals surface area contributed by atoms with Crippen LogP contribution in [0.25, 0.3) is 0 Å². The highest BCUT2D eigenvalue weighted by Crippen LogP contribution is 2.25. The highest BCUT2D eigenvalue weighted by molar-refractivity contribution is 5.94. The maximum absolute atomic E-state index is 12.4. The summed E-state index contributed by atoms with van der Waals surface area (Å²) in [5, 5.41) is 6.36. The summed E-state index contributed by atoms with van der Waals surface area (Å²) in [7, 11) is 0. The van der Waals surface area contributed by atoms with Crippen LogP contribution in [-0.2, 0) is 9.59 Å². The van der Waals surface area contributed by atoms with Crippen LogP contribution in [0.1, 0.15) is 44.8 Å². The molecule has 1 aliphatic carbocycles. The fraction of sp³-hybridized carbons (Fsp3) is 0.667. The Morgan fingerprint density at radius 3 is 2.67 bits per heavy atom. The Balaban J connectivity index is 1.88. The lowest BCUT2D eigenvalue weighted by atomic mass is 9.88. The van der Waals surface area contributed by atoms with E-state index in [1.54, 1.807) is 17.9 Å². The molecule has 1 aromatic heterocycles. The van der Waals surface area contributed by atoms with E-state index in [2.05, 4.69) is 10.5 Å². The van der Waals surface area contributed by atoms with Crippen LogP contribution in [0, 0.1) is 12.8 Å². The number of amides is 2. The van der Waals surface area contributed by atoms with Crippen molar-refractivity contribution in [2.45, 2.75) is 46.0 Å². The van der Waals surface area contributed by atoms with Gasteiger partial charge in [-0.2, -0.15) is 0 Å². The summed E-state index contributed by atoms with van der Waals surface area (Å²) in [6, 6.07) is 1.65. The Morgan fingerprint density at radius 1 is 1.38 bits per heavy atom. The first-order valence-electron chi connectivity index (χ1n) is 7.62. The summed E-state index contributed by atoms with van der Waals surface area (Å²) in [6.07, 6.45) is 5.32. The van der Waals surface area contributed by atoms with Crippen LogP contribution in [0.2, 0.25) is 0 Å². The summed E-state index contributed by atoms with van der Waals surface area (Å²) in [5.41, 5.74) is 0. The van der Waals surface area contributed by atoms with E-state index in [0.29, 0.717) is 18.1 Å². The van der Waals surface area contributed by atoms with Crippen molar-refractivity contribution in [3.63, 3.8) is 0 Å². The van der Waals surface area contributed by atoms with Gasteiger partial charge in [0, 0.05) is 18.5 Å². The first kappa shape index (κ1) is 15.5. The third-order valence-corrected chi connectivity index (χ3v) is 3.88. The smallest absolute Gasteiger partial charge is 0.245 e. The standard InChI is InChI=1S/C15H23N3O3/c1-3-18(15(20)12-7-5-4-6-8-12)10-14(19)16-13-9-11(2)21-17-13/h9,12H,3-8,10H2,1-2H3,(H,16,17,19). The largest absolute Gasteiger partial charge is 0.360 e. The number of anilines is 1. The lowest BCUT2D eigenvalue weighted by Crippen LogP contribution is -2.41. The quantitative estimate of drug-likeness (QED) is 0.904. The molecule has 1 heterocycles. The average Bonchev–Trinajstić information content (AvgIpc) is 2.90. The van der Waals surface area contributed by atoms with E-state index in [1.807, 2.05) is 6.92 Å². The first-order valence-corrected chi connectivity index (χ1v) is 7.62. The van der Waals surface area contributed by atoms with Crippen molar-refractivity contribution >= 4 is 17.6 Å². The monoisotopic (exact) mass is 293 g/mol. The van der Waals surface area contributed by atoms with Gasteiger partial charge >= 0.3 is 0 Å². The van der Waals surface area contributed by atoms with Gasteiger partial charge in [-0.1, -0.05) is 24.4 Å². The van der Waals surface area contributed by atoms with Gasteiger partial charge in [-0.15, -0.1) is 0 Å². The van der Waals surface area contributed by atoms with Crippen molar-refractivity contribution in [2.24, 2.45) is 5.92 Å². The molecule has 0 saturated heterocycles. The van der Waals surface area contributed by atoms with Gasteiger partial charge in [0.25, 0.3) is 0 Å². The molecule has 1 aliphatic rings. The number of nitrogens with zero attached hydrogens (tertiary/aromatic N) is 2. The summed E-state index contributed by atoms with van der Waals surface area (Å²) >= 11 is 0. The highest BCUT2D eigenvalue weighted by Gasteiger charge is 2.26. The number of nitrogens with one attached hydrogen (secondary N) is 1. The third-order valence-electron chi connectivity index (χ3n) is 3.88. The number of carbonyl (C=O) groups excluding carboxylic acids is 2. The number of hydrogen-bond donors (Lipinski definition) is 1. The van der Waals surface area contributed by atoms with Gasteiger partial charge in [0.2, 0.25) is 11.8 Å². The lowest BCUT2D eigenvalue weighted by molar-refractivity contribution is -0.139. The zero-order valence-electron chi connectivity index (χ0n) is 12.7. The molecule has 6 nitrogen and oxygen atoms in total. The molecule has 0 radical (unpaired) electrons. The minimum atomic E-state index is -0.241. The van der Waals surface area contributed by atoms with E-state index in [0.717, 1.165) is 25.7 Å². The van der Waals surface area contributed by atoms with Crippen LogP contribution in [-0.4, -0.2) is 35.0 Å². The minimum absolute atomic E-state index is 0.0672. The Labute approximate surface area is 124 Å². The third kappa shape index (κ3) is 4.31. The van der Waals surface area contributed by atoms with Crippen molar-refractivity contribution in [3.8, 4) is 0 Å². The van der Waals surface area contributed by atoms with E-state index in [-0.39, 0.29) is 24.3 Å². The number of aryl methyl sites for hydroxylation is 1. The fourth-order valence-electron chi connectivity index (χ4n) is 2.73. The Kier molecular flexibility index (Phi) is 5.36. The molecule has 2 amide bonds. The van der Waals surface area contributed by atoms with Gasteiger partial charge in [0.15, 0.2) is 5.82 Å². The molecule has 0 aliphatic heterocycles.